The van der Waals surface area contributed by atoms with Crippen molar-refractivity contribution in [3.05, 3.63) is 77.9 Å². The van der Waals surface area contributed by atoms with E-state index in [1.165, 1.54) is 12.1 Å². The molecule has 1 fully saturated rings. The summed E-state index contributed by atoms with van der Waals surface area (Å²) in [7, 11) is -3.82. The van der Waals surface area contributed by atoms with Gasteiger partial charge >= 0.3 is 12.1 Å². The van der Waals surface area contributed by atoms with E-state index >= 15 is 0 Å². The van der Waals surface area contributed by atoms with Crippen molar-refractivity contribution in [3.8, 4) is 11.1 Å². The van der Waals surface area contributed by atoms with E-state index < -0.39 is 39.0 Å². The summed E-state index contributed by atoms with van der Waals surface area (Å²) in [6, 6.07) is 18.5. The van der Waals surface area contributed by atoms with Crippen LogP contribution in [-0.4, -0.2) is 60.8 Å². The number of nitrogens with zero attached hydrogens (tertiary/aromatic N) is 2. The molecule has 2 heterocycles. The van der Waals surface area contributed by atoms with E-state index in [9.17, 15) is 27.9 Å². The molecular weight excluding hydrogens is 568 g/mol. The molecule has 0 saturated carbocycles. The molecule has 0 bridgehead atoms. The second-order valence-corrected chi connectivity index (χ2v) is 14.6. The molecule has 1 N–H and O–H groups in total. The number of carbonyl (C=O) groups excluding carboxylic acids is 2. The average molecular weight is 605 g/mol. The van der Waals surface area contributed by atoms with Crippen molar-refractivity contribution >= 4 is 39.2 Å². The number of anilines is 2. The molecule has 0 radical (unpaired) electrons. The van der Waals surface area contributed by atoms with E-state index in [-0.39, 0.29) is 22.3 Å². The highest BCUT2D eigenvalue weighted by atomic mass is 32.2. The predicted octanol–water partition coefficient (Wildman–Crippen LogP) is 6.04. The van der Waals surface area contributed by atoms with Crippen LogP contribution in [0.15, 0.2) is 71.6 Å². The van der Waals surface area contributed by atoms with Crippen LogP contribution in [0.4, 0.5) is 16.2 Å². The Morgan fingerprint density at radius 3 is 2.30 bits per heavy atom. The normalized spacial score (nSPS) is 20.2. The molecule has 0 aliphatic carbocycles. The summed E-state index contributed by atoms with van der Waals surface area (Å²) >= 11 is 0. The number of amides is 2. The molecule has 1 spiro atoms. The van der Waals surface area contributed by atoms with Crippen LogP contribution in [0.3, 0.4) is 0 Å². The zero-order valence-corrected chi connectivity index (χ0v) is 25.9. The molecule has 2 amide bonds. The molecule has 10 heteroatoms. The number of carbonyl (C=O) groups is 3. The summed E-state index contributed by atoms with van der Waals surface area (Å²) < 4.78 is 30.6. The van der Waals surface area contributed by atoms with Gasteiger partial charge in [0.25, 0.3) is 0 Å². The van der Waals surface area contributed by atoms with Gasteiger partial charge in [0.1, 0.15) is 5.60 Å². The Morgan fingerprint density at radius 2 is 1.67 bits per heavy atom. The molecule has 5 rings (SSSR count). The lowest BCUT2D eigenvalue weighted by molar-refractivity contribution is -0.123. The fourth-order valence-electron chi connectivity index (χ4n) is 6.57. The fraction of sp³-hybridized carbons (Fsp3) is 0.364. The molecule has 3 aromatic rings. The summed E-state index contributed by atoms with van der Waals surface area (Å²) in [6.07, 6.45) is 0.970. The maximum absolute atomic E-state index is 14.7. The Balaban J connectivity index is 1.61. The molecule has 2 atom stereocenters. The third-order valence-electron chi connectivity index (χ3n) is 8.11. The number of para-hydroxylation sites is 1. The number of hydrogen-bond donors (Lipinski definition) is 1. The number of hydrogen-bond acceptors (Lipinski definition) is 6. The minimum atomic E-state index is -3.82. The van der Waals surface area contributed by atoms with E-state index in [0.29, 0.717) is 29.8 Å². The van der Waals surface area contributed by atoms with Crippen molar-refractivity contribution in [1.82, 2.24) is 4.90 Å². The molecule has 9 nitrogen and oxygen atoms in total. The van der Waals surface area contributed by atoms with Gasteiger partial charge in [-0.25, -0.2) is 18.0 Å². The number of rotatable bonds is 5. The summed E-state index contributed by atoms with van der Waals surface area (Å²) in [4.78, 5) is 42.8. The van der Waals surface area contributed by atoms with Gasteiger partial charge in [-0.2, -0.15) is 0 Å². The van der Waals surface area contributed by atoms with Crippen molar-refractivity contribution in [2.45, 2.75) is 63.0 Å². The van der Waals surface area contributed by atoms with Gasteiger partial charge in [-0.1, -0.05) is 50.2 Å². The number of carboxylic acid groups (broad SMARTS) is 1. The maximum atomic E-state index is 14.7. The number of carboxylic acids is 1. The minimum Gasteiger partial charge on any atom is -0.478 e. The van der Waals surface area contributed by atoms with Crippen LogP contribution in [0.5, 0.6) is 0 Å². The van der Waals surface area contributed by atoms with E-state index in [1.807, 2.05) is 65.0 Å². The zero-order valence-electron chi connectivity index (χ0n) is 25.1. The molecule has 226 valence electrons. The first-order chi connectivity index (χ1) is 20.1. The Morgan fingerprint density at radius 1 is 1.00 bits per heavy atom. The molecule has 2 aliphatic rings. The Hall–Kier alpha value is -4.18. The van der Waals surface area contributed by atoms with Crippen LogP contribution in [-0.2, 0) is 24.8 Å². The lowest BCUT2D eigenvalue weighted by atomic mass is 9.71. The van der Waals surface area contributed by atoms with Gasteiger partial charge in [0.15, 0.2) is 9.84 Å². The molecule has 1 saturated heterocycles. The first-order valence-electron chi connectivity index (χ1n) is 14.2. The second-order valence-electron chi connectivity index (χ2n) is 12.6. The van der Waals surface area contributed by atoms with Crippen molar-refractivity contribution < 1.29 is 32.6 Å². The van der Waals surface area contributed by atoms with Gasteiger partial charge in [-0.05, 0) is 80.1 Å². The summed E-state index contributed by atoms with van der Waals surface area (Å²) in [6.45, 7) is 9.85. The van der Waals surface area contributed by atoms with Crippen molar-refractivity contribution in [2.24, 2.45) is 5.92 Å². The first kappa shape index (κ1) is 30.3. The summed E-state index contributed by atoms with van der Waals surface area (Å²) in [5.74, 6) is -1.53. The second kappa shape index (κ2) is 10.5. The van der Waals surface area contributed by atoms with E-state index in [4.69, 9.17) is 4.74 Å². The molecule has 2 aliphatic heterocycles. The van der Waals surface area contributed by atoms with Gasteiger partial charge in [-0.3, -0.25) is 9.69 Å². The van der Waals surface area contributed by atoms with Crippen LogP contribution in [0, 0.1) is 5.92 Å². The van der Waals surface area contributed by atoms with Crippen molar-refractivity contribution in [2.75, 3.05) is 17.7 Å². The smallest absolute Gasteiger partial charge is 0.410 e. The van der Waals surface area contributed by atoms with Crippen molar-refractivity contribution in [3.63, 3.8) is 0 Å². The van der Waals surface area contributed by atoms with E-state index in [0.717, 1.165) is 17.5 Å². The van der Waals surface area contributed by atoms with Gasteiger partial charge < -0.3 is 14.7 Å². The third-order valence-corrected chi connectivity index (χ3v) is 9.24. The fourth-order valence-corrected chi connectivity index (χ4v) is 7.46. The molecular formula is C33H36N2O7S. The molecule has 0 aromatic heterocycles. The van der Waals surface area contributed by atoms with E-state index in [2.05, 4.69) is 0 Å². The highest BCUT2D eigenvalue weighted by Crippen LogP contribution is 2.54. The number of benzene rings is 3. The maximum Gasteiger partial charge on any atom is 0.410 e. The molecule has 0 unspecified atom stereocenters. The topological polar surface area (TPSA) is 121 Å². The number of likely N-dealkylation sites (tertiary alicyclic amines) is 1. The number of aromatic carboxylic acids is 1. The van der Waals surface area contributed by atoms with Crippen LogP contribution >= 0.6 is 0 Å². The monoisotopic (exact) mass is 604 g/mol. The number of fused-ring (bicyclic) bond motifs is 2. The predicted molar refractivity (Wildman–Crippen MR) is 163 cm³/mol. The molecule has 43 heavy (non-hydrogen) atoms. The average Bonchev–Trinajstić information content (AvgIpc) is 3.44. The van der Waals surface area contributed by atoms with Crippen molar-refractivity contribution in [1.29, 1.82) is 0 Å². The highest BCUT2D eigenvalue weighted by molar-refractivity contribution is 7.90. The van der Waals surface area contributed by atoms with E-state index in [1.54, 1.807) is 34.1 Å². The van der Waals surface area contributed by atoms with Gasteiger partial charge in [-0.15, -0.1) is 0 Å². The Labute approximate surface area is 252 Å². The lowest BCUT2D eigenvalue weighted by Gasteiger charge is -2.37. The first-order valence-corrected chi connectivity index (χ1v) is 16.1. The van der Waals surface area contributed by atoms with Crippen LogP contribution in [0.25, 0.3) is 11.1 Å². The van der Waals surface area contributed by atoms with Crippen LogP contribution < -0.4 is 4.90 Å². The lowest BCUT2D eigenvalue weighted by Crippen LogP contribution is -2.53. The van der Waals surface area contributed by atoms with Gasteiger partial charge in [0.05, 0.1) is 27.6 Å². The SMILES string of the molecule is CC(C)[C@@H]1N(C(=O)OC(C)(C)C)CC[C@@]12C(=O)N(c1cccc(-c3ccc(C(=O)O)c(S(C)(=O)=O)c3)c1)c1ccccc12. The largest absolute Gasteiger partial charge is 0.478 e. The van der Waals surface area contributed by atoms with Crippen LogP contribution in [0.1, 0.15) is 57.0 Å². The number of ether oxygens (including phenoxy) is 1. The zero-order chi connectivity index (χ0) is 31.5. The molecule has 3 aromatic carbocycles. The third kappa shape index (κ3) is 5.18. The van der Waals surface area contributed by atoms with Gasteiger partial charge in [0.2, 0.25) is 5.91 Å². The van der Waals surface area contributed by atoms with Crippen LogP contribution in [0.2, 0.25) is 0 Å². The number of sulfone groups is 1. The Kier molecular flexibility index (Phi) is 7.41. The highest BCUT2D eigenvalue weighted by Gasteiger charge is 2.62. The quantitative estimate of drug-likeness (QED) is 0.377. The standard InChI is InChI=1S/C33H36N2O7S/c1-20(2)28-33(16-17-34(28)31(39)42-32(3,4)5)25-12-7-8-13-26(25)35(30(33)38)23-11-9-10-21(18-23)22-14-15-24(29(36)37)27(19-22)43(6,40)41/h7-15,18-20,28H,16-17H2,1-6H3,(H,36,37)/t28-,33-/m0/s1. The Bertz CT molecular complexity index is 1740. The van der Waals surface area contributed by atoms with Gasteiger partial charge in [0, 0.05) is 18.5 Å². The summed E-state index contributed by atoms with van der Waals surface area (Å²) in [5.41, 5.74) is 1.30. The summed E-state index contributed by atoms with van der Waals surface area (Å²) in [5, 5.41) is 9.53. The minimum absolute atomic E-state index is 0.0551.